The van der Waals surface area contributed by atoms with Gasteiger partial charge in [-0.2, -0.15) is 0 Å². The highest BCUT2D eigenvalue weighted by molar-refractivity contribution is 5.68. The normalized spacial score (nSPS) is 10.3. The number of nitrogens with two attached hydrogens (primary N) is 1. The van der Waals surface area contributed by atoms with Crippen molar-refractivity contribution in [2.75, 3.05) is 23.9 Å². The van der Waals surface area contributed by atoms with Crippen LogP contribution in [0.3, 0.4) is 0 Å². The van der Waals surface area contributed by atoms with Crippen LogP contribution in [0.4, 0.5) is 11.5 Å². The molecule has 0 bridgehead atoms. The average molecular weight is 273 g/mol. The van der Waals surface area contributed by atoms with Gasteiger partial charge >= 0.3 is 0 Å². The Kier molecular flexibility index (Phi) is 4.86. The fraction of sp³-hybridized carbons (Fsp3) is 0.286. The maximum absolute atomic E-state index is 8.79. The van der Waals surface area contributed by atoms with Crippen LogP contribution in [0.15, 0.2) is 30.3 Å². The maximum atomic E-state index is 8.79. The standard InChI is InChI=1S/C14H19N5O/c1-10-8-13(17-15)18-19-14(10)11-4-2-5-12(9-11)16-6-3-7-20/h2,4-5,8-9,16,20H,3,6-7,15H2,1H3,(H,17,18). The van der Waals surface area contributed by atoms with E-state index in [1.165, 1.54) is 0 Å². The van der Waals surface area contributed by atoms with Crippen LogP contribution in [0.25, 0.3) is 11.3 Å². The van der Waals surface area contributed by atoms with E-state index in [0.29, 0.717) is 5.82 Å². The molecule has 6 nitrogen and oxygen atoms in total. The van der Waals surface area contributed by atoms with Crippen molar-refractivity contribution in [1.29, 1.82) is 0 Å². The quantitative estimate of drug-likeness (QED) is 0.362. The molecular weight excluding hydrogens is 254 g/mol. The molecule has 0 amide bonds. The molecule has 0 radical (unpaired) electrons. The number of aliphatic hydroxyl groups is 1. The van der Waals surface area contributed by atoms with Gasteiger partial charge in [0.25, 0.3) is 0 Å². The van der Waals surface area contributed by atoms with Gasteiger partial charge in [0, 0.05) is 24.4 Å². The lowest BCUT2D eigenvalue weighted by atomic mass is 10.1. The zero-order chi connectivity index (χ0) is 14.4. The summed E-state index contributed by atoms with van der Waals surface area (Å²) in [6, 6.07) is 9.81. The minimum Gasteiger partial charge on any atom is -0.396 e. The molecule has 0 aliphatic heterocycles. The second-order valence-electron chi connectivity index (χ2n) is 4.49. The fourth-order valence-corrected chi connectivity index (χ4v) is 1.93. The Morgan fingerprint density at radius 2 is 2.10 bits per heavy atom. The van der Waals surface area contributed by atoms with Crippen molar-refractivity contribution in [2.24, 2.45) is 5.84 Å². The van der Waals surface area contributed by atoms with Crippen LogP contribution in [0, 0.1) is 6.92 Å². The van der Waals surface area contributed by atoms with E-state index in [1.807, 2.05) is 37.3 Å². The van der Waals surface area contributed by atoms with E-state index in [4.69, 9.17) is 10.9 Å². The summed E-state index contributed by atoms with van der Waals surface area (Å²) in [7, 11) is 0. The van der Waals surface area contributed by atoms with Gasteiger partial charge in [0.05, 0.1) is 5.69 Å². The Balaban J connectivity index is 2.22. The van der Waals surface area contributed by atoms with Gasteiger partial charge in [0.2, 0.25) is 0 Å². The molecule has 0 aliphatic carbocycles. The second kappa shape index (κ2) is 6.83. The third kappa shape index (κ3) is 3.43. The number of hydrogen-bond donors (Lipinski definition) is 4. The van der Waals surface area contributed by atoms with Crippen molar-refractivity contribution in [3.05, 3.63) is 35.9 Å². The number of nitrogen functional groups attached to an aromatic ring is 1. The summed E-state index contributed by atoms with van der Waals surface area (Å²) in [5.74, 6) is 5.86. The van der Waals surface area contributed by atoms with Gasteiger partial charge < -0.3 is 15.8 Å². The van der Waals surface area contributed by atoms with Gasteiger partial charge in [-0.15, -0.1) is 10.2 Å². The molecule has 0 spiro atoms. The molecule has 0 atom stereocenters. The van der Waals surface area contributed by atoms with Gasteiger partial charge in [-0.3, -0.25) is 0 Å². The number of benzene rings is 1. The van der Waals surface area contributed by atoms with Gasteiger partial charge in [0.15, 0.2) is 5.82 Å². The number of aliphatic hydroxyl groups excluding tert-OH is 1. The summed E-state index contributed by atoms with van der Waals surface area (Å²) in [6.45, 7) is 2.89. The predicted molar refractivity (Wildman–Crippen MR) is 80.2 cm³/mol. The van der Waals surface area contributed by atoms with Crippen molar-refractivity contribution in [1.82, 2.24) is 10.2 Å². The predicted octanol–water partition coefficient (Wildman–Crippen LogP) is 1.53. The molecule has 0 saturated heterocycles. The average Bonchev–Trinajstić information content (AvgIpc) is 2.47. The number of hydrazine groups is 1. The lowest BCUT2D eigenvalue weighted by Gasteiger charge is -2.09. The van der Waals surface area contributed by atoms with Crippen LogP contribution in [-0.2, 0) is 0 Å². The highest BCUT2D eigenvalue weighted by Crippen LogP contribution is 2.24. The molecule has 20 heavy (non-hydrogen) atoms. The van der Waals surface area contributed by atoms with Gasteiger partial charge in [-0.05, 0) is 37.1 Å². The van der Waals surface area contributed by atoms with E-state index in [-0.39, 0.29) is 6.61 Å². The first-order chi connectivity index (χ1) is 9.74. The largest absolute Gasteiger partial charge is 0.396 e. The first-order valence-electron chi connectivity index (χ1n) is 6.50. The van der Waals surface area contributed by atoms with Crippen LogP contribution >= 0.6 is 0 Å². The summed E-state index contributed by atoms with van der Waals surface area (Å²) >= 11 is 0. The molecule has 106 valence electrons. The third-order valence-electron chi connectivity index (χ3n) is 2.93. The van der Waals surface area contributed by atoms with Crippen LogP contribution < -0.4 is 16.6 Å². The number of rotatable bonds is 6. The molecule has 5 N–H and O–H groups in total. The minimum absolute atomic E-state index is 0.185. The lowest BCUT2D eigenvalue weighted by molar-refractivity contribution is 0.292. The maximum Gasteiger partial charge on any atom is 0.162 e. The van der Waals surface area contributed by atoms with E-state index in [0.717, 1.165) is 35.5 Å². The van der Waals surface area contributed by atoms with E-state index >= 15 is 0 Å². The van der Waals surface area contributed by atoms with Crippen LogP contribution in [-0.4, -0.2) is 28.5 Å². The minimum atomic E-state index is 0.185. The van der Waals surface area contributed by atoms with Crippen molar-refractivity contribution < 1.29 is 5.11 Å². The monoisotopic (exact) mass is 273 g/mol. The number of hydrogen-bond acceptors (Lipinski definition) is 6. The van der Waals surface area contributed by atoms with Crippen molar-refractivity contribution in [3.63, 3.8) is 0 Å². The molecule has 1 aromatic heterocycles. The topological polar surface area (TPSA) is 96.1 Å². The van der Waals surface area contributed by atoms with E-state index < -0.39 is 0 Å². The van der Waals surface area contributed by atoms with Crippen LogP contribution in [0.1, 0.15) is 12.0 Å². The fourth-order valence-electron chi connectivity index (χ4n) is 1.93. The van der Waals surface area contributed by atoms with E-state index in [1.54, 1.807) is 0 Å². The van der Waals surface area contributed by atoms with E-state index in [2.05, 4.69) is 20.9 Å². The highest BCUT2D eigenvalue weighted by Gasteiger charge is 2.06. The molecule has 0 fully saturated rings. The molecule has 0 unspecified atom stereocenters. The Morgan fingerprint density at radius 1 is 1.25 bits per heavy atom. The Morgan fingerprint density at radius 3 is 2.80 bits per heavy atom. The summed E-state index contributed by atoms with van der Waals surface area (Å²) in [6.07, 6.45) is 0.722. The smallest absolute Gasteiger partial charge is 0.162 e. The van der Waals surface area contributed by atoms with E-state index in [9.17, 15) is 0 Å². The molecule has 0 aliphatic rings. The molecule has 1 heterocycles. The summed E-state index contributed by atoms with van der Waals surface area (Å²) in [5, 5.41) is 20.2. The number of aryl methyl sites for hydroxylation is 1. The summed E-state index contributed by atoms with van der Waals surface area (Å²) < 4.78 is 0. The zero-order valence-corrected chi connectivity index (χ0v) is 11.4. The lowest BCUT2D eigenvalue weighted by Crippen LogP contribution is -2.10. The number of aromatic nitrogens is 2. The number of nitrogens with zero attached hydrogens (tertiary/aromatic N) is 2. The Hall–Kier alpha value is -2.18. The summed E-state index contributed by atoms with van der Waals surface area (Å²) in [4.78, 5) is 0. The first-order valence-corrected chi connectivity index (χ1v) is 6.50. The Labute approximate surface area is 118 Å². The van der Waals surface area contributed by atoms with Gasteiger partial charge in [-0.25, -0.2) is 5.84 Å². The molecule has 0 saturated carbocycles. The SMILES string of the molecule is Cc1cc(NN)nnc1-c1cccc(NCCCO)c1. The molecule has 2 rings (SSSR count). The first kappa shape index (κ1) is 14.2. The number of anilines is 2. The molecule has 6 heteroatoms. The molecule has 2 aromatic rings. The highest BCUT2D eigenvalue weighted by atomic mass is 16.3. The van der Waals surface area contributed by atoms with Crippen molar-refractivity contribution >= 4 is 11.5 Å². The van der Waals surface area contributed by atoms with Gasteiger partial charge in [-0.1, -0.05) is 12.1 Å². The van der Waals surface area contributed by atoms with Crippen LogP contribution in [0.5, 0.6) is 0 Å². The zero-order valence-electron chi connectivity index (χ0n) is 11.4. The molecular formula is C14H19N5O. The van der Waals surface area contributed by atoms with Gasteiger partial charge in [0.1, 0.15) is 0 Å². The van der Waals surface area contributed by atoms with Crippen LogP contribution in [0.2, 0.25) is 0 Å². The Bertz CT molecular complexity index is 573. The third-order valence-corrected chi connectivity index (χ3v) is 2.93. The van der Waals surface area contributed by atoms with Crippen molar-refractivity contribution in [2.45, 2.75) is 13.3 Å². The number of nitrogens with one attached hydrogen (secondary N) is 2. The second-order valence-corrected chi connectivity index (χ2v) is 4.49. The molecule has 1 aromatic carbocycles. The summed E-state index contributed by atoms with van der Waals surface area (Å²) in [5.41, 5.74) is 6.30. The van der Waals surface area contributed by atoms with Crippen molar-refractivity contribution in [3.8, 4) is 11.3 Å².